The molecule has 26 heavy (non-hydrogen) atoms. The standard InChI is InChI=1S/C18H28N4O2.2ClH/c1-13-6-5-7-15(14(13)2)20-16(23)12-21-8-10-22(11-9-21)17(24)18(3,4)19;;/h5-7H,8-12,19H2,1-4H3,(H,20,23);2*1H. The largest absolute Gasteiger partial charge is 0.339 e. The molecule has 0 aliphatic carbocycles. The molecule has 0 spiro atoms. The molecule has 1 aliphatic heterocycles. The van der Waals surface area contributed by atoms with Crippen LogP contribution in [0.1, 0.15) is 25.0 Å². The molecule has 3 N–H and O–H groups in total. The van der Waals surface area contributed by atoms with E-state index < -0.39 is 5.54 Å². The molecular formula is C18H30Cl2N4O2. The molecule has 2 amide bonds. The average molecular weight is 405 g/mol. The zero-order valence-corrected chi connectivity index (χ0v) is 17.5. The molecule has 0 radical (unpaired) electrons. The number of benzene rings is 1. The number of hydrogen-bond acceptors (Lipinski definition) is 4. The van der Waals surface area contributed by atoms with E-state index in [0.717, 1.165) is 16.8 Å². The molecule has 1 aliphatic rings. The lowest BCUT2D eigenvalue weighted by molar-refractivity contribution is -0.137. The molecule has 148 valence electrons. The maximum Gasteiger partial charge on any atom is 0.242 e. The molecule has 6 nitrogen and oxygen atoms in total. The van der Waals surface area contributed by atoms with Crippen molar-refractivity contribution in [3.8, 4) is 0 Å². The molecule has 1 aromatic rings. The smallest absolute Gasteiger partial charge is 0.242 e. The number of rotatable bonds is 4. The number of amides is 2. The Hall–Kier alpha value is -1.34. The molecule has 0 atom stereocenters. The highest BCUT2D eigenvalue weighted by Crippen LogP contribution is 2.18. The second-order valence-corrected chi connectivity index (χ2v) is 7.09. The van der Waals surface area contributed by atoms with Gasteiger partial charge in [-0.1, -0.05) is 12.1 Å². The molecule has 1 saturated heterocycles. The molecular weight excluding hydrogens is 375 g/mol. The van der Waals surface area contributed by atoms with Gasteiger partial charge in [-0.25, -0.2) is 0 Å². The first-order valence-electron chi connectivity index (χ1n) is 8.35. The lowest BCUT2D eigenvalue weighted by Gasteiger charge is -2.37. The fourth-order valence-electron chi connectivity index (χ4n) is 2.80. The summed E-state index contributed by atoms with van der Waals surface area (Å²) in [5.41, 5.74) is 8.13. The Bertz CT molecular complexity index is 624. The van der Waals surface area contributed by atoms with Crippen LogP contribution < -0.4 is 11.1 Å². The fraction of sp³-hybridized carbons (Fsp3) is 0.556. The van der Waals surface area contributed by atoms with Crippen molar-refractivity contribution in [2.75, 3.05) is 38.0 Å². The van der Waals surface area contributed by atoms with Crippen LogP contribution in [0.2, 0.25) is 0 Å². The number of carbonyl (C=O) groups is 2. The number of nitrogens with one attached hydrogen (secondary N) is 1. The zero-order chi connectivity index (χ0) is 17.9. The van der Waals surface area contributed by atoms with Crippen molar-refractivity contribution in [3.05, 3.63) is 29.3 Å². The van der Waals surface area contributed by atoms with Crippen molar-refractivity contribution >= 4 is 42.3 Å². The lowest BCUT2D eigenvalue weighted by Crippen LogP contribution is -2.57. The van der Waals surface area contributed by atoms with Gasteiger partial charge in [-0.3, -0.25) is 14.5 Å². The van der Waals surface area contributed by atoms with Crippen molar-refractivity contribution in [2.24, 2.45) is 5.73 Å². The van der Waals surface area contributed by atoms with E-state index in [0.29, 0.717) is 32.7 Å². The number of hydrogen-bond donors (Lipinski definition) is 2. The van der Waals surface area contributed by atoms with E-state index in [-0.39, 0.29) is 36.6 Å². The minimum absolute atomic E-state index is 0. The molecule has 0 unspecified atom stereocenters. The summed E-state index contributed by atoms with van der Waals surface area (Å²) in [6.07, 6.45) is 0. The van der Waals surface area contributed by atoms with E-state index >= 15 is 0 Å². The third-order valence-electron chi connectivity index (χ3n) is 4.46. The number of anilines is 1. The predicted octanol–water partition coefficient (Wildman–Crippen LogP) is 1.97. The van der Waals surface area contributed by atoms with Gasteiger partial charge in [0.25, 0.3) is 0 Å². The summed E-state index contributed by atoms with van der Waals surface area (Å²) in [7, 11) is 0. The van der Waals surface area contributed by atoms with Crippen molar-refractivity contribution in [2.45, 2.75) is 33.2 Å². The maximum atomic E-state index is 12.3. The van der Waals surface area contributed by atoms with E-state index in [4.69, 9.17) is 5.73 Å². The Morgan fingerprint density at radius 2 is 1.69 bits per heavy atom. The van der Waals surface area contributed by atoms with Crippen molar-refractivity contribution in [1.29, 1.82) is 0 Å². The van der Waals surface area contributed by atoms with Crippen molar-refractivity contribution in [3.63, 3.8) is 0 Å². The average Bonchev–Trinajstić information content (AvgIpc) is 2.51. The summed E-state index contributed by atoms with van der Waals surface area (Å²) >= 11 is 0. The molecule has 1 heterocycles. The van der Waals surface area contributed by atoms with E-state index in [1.54, 1.807) is 18.7 Å². The minimum Gasteiger partial charge on any atom is -0.339 e. The Labute approximate surface area is 168 Å². The van der Waals surface area contributed by atoms with Gasteiger partial charge in [-0.15, -0.1) is 24.8 Å². The molecule has 0 aromatic heterocycles. The zero-order valence-electron chi connectivity index (χ0n) is 15.9. The van der Waals surface area contributed by atoms with Crippen molar-refractivity contribution in [1.82, 2.24) is 9.80 Å². The third-order valence-corrected chi connectivity index (χ3v) is 4.46. The van der Waals surface area contributed by atoms with Crippen LogP contribution in [0.4, 0.5) is 5.69 Å². The van der Waals surface area contributed by atoms with Crippen LogP contribution in [0.15, 0.2) is 18.2 Å². The second kappa shape index (κ2) is 10.1. The van der Waals surface area contributed by atoms with Gasteiger partial charge >= 0.3 is 0 Å². The van der Waals surface area contributed by atoms with E-state index in [1.807, 2.05) is 32.0 Å². The first kappa shape index (κ1) is 24.7. The summed E-state index contributed by atoms with van der Waals surface area (Å²) in [4.78, 5) is 28.3. The van der Waals surface area contributed by atoms with Crippen LogP contribution in [0.25, 0.3) is 0 Å². The van der Waals surface area contributed by atoms with Crippen LogP contribution in [-0.2, 0) is 9.59 Å². The lowest BCUT2D eigenvalue weighted by atomic mass is 10.0. The van der Waals surface area contributed by atoms with E-state index in [1.165, 1.54) is 0 Å². The topological polar surface area (TPSA) is 78.7 Å². The highest BCUT2D eigenvalue weighted by molar-refractivity contribution is 5.93. The third kappa shape index (κ3) is 6.43. The minimum atomic E-state index is -0.845. The second-order valence-electron chi connectivity index (χ2n) is 7.09. The highest BCUT2D eigenvalue weighted by Gasteiger charge is 2.30. The molecule has 8 heteroatoms. The van der Waals surface area contributed by atoms with Gasteiger partial charge in [0.05, 0.1) is 12.1 Å². The van der Waals surface area contributed by atoms with Gasteiger partial charge in [0.2, 0.25) is 11.8 Å². The highest BCUT2D eigenvalue weighted by atomic mass is 35.5. The van der Waals surface area contributed by atoms with E-state index in [9.17, 15) is 9.59 Å². The Morgan fingerprint density at radius 3 is 2.23 bits per heavy atom. The molecule has 1 fully saturated rings. The van der Waals surface area contributed by atoms with Crippen molar-refractivity contribution < 1.29 is 9.59 Å². The normalized spacial score (nSPS) is 14.9. The van der Waals surface area contributed by atoms with Gasteiger partial charge in [0.1, 0.15) is 0 Å². The van der Waals surface area contributed by atoms with Gasteiger partial charge in [-0.05, 0) is 44.9 Å². The molecule has 0 bridgehead atoms. The monoisotopic (exact) mass is 404 g/mol. The van der Waals surface area contributed by atoms with Crippen LogP contribution in [0, 0.1) is 13.8 Å². The first-order valence-corrected chi connectivity index (χ1v) is 8.35. The van der Waals surface area contributed by atoms with E-state index in [2.05, 4.69) is 10.2 Å². The number of halogens is 2. The maximum absolute atomic E-state index is 12.3. The van der Waals surface area contributed by atoms with Crippen LogP contribution >= 0.6 is 24.8 Å². The van der Waals surface area contributed by atoms with Gasteiger partial charge in [0, 0.05) is 31.9 Å². The summed E-state index contributed by atoms with van der Waals surface area (Å²) in [5.74, 6) is -0.0652. The Balaban J connectivity index is 0.00000312. The quantitative estimate of drug-likeness (QED) is 0.803. The fourth-order valence-corrected chi connectivity index (χ4v) is 2.80. The molecule has 0 saturated carbocycles. The summed E-state index contributed by atoms with van der Waals surface area (Å²) < 4.78 is 0. The number of carbonyl (C=O) groups excluding carboxylic acids is 2. The van der Waals surface area contributed by atoms with Gasteiger partial charge < -0.3 is 16.0 Å². The molecule has 2 rings (SSSR count). The Morgan fingerprint density at radius 1 is 1.12 bits per heavy atom. The van der Waals surface area contributed by atoms with Gasteiger partial charge in [-0.2, -0.15) is 0 Å². The number of aryl methyl sites for hydroxylation is 1. The molecule has 1 aromatic carbocycles. The first-order chi connectivity index (χ1) is 11.2. The van der Waals surface area contributed by atoms with Crippen LogP contribution in [-0.4, -0.2) is 59.9 Å². The Kier molecular flexibility index (Phi) is 9.59. The SMILES string of the molecule is Cc1cccc(NC(=O)CN2CCN(C(=O)C(C)(C)N)CC2)c1C.Cl.Cl. The number of nitrogens with zero attached hydrogens (tertiary/aromatic N) is 2. The predicted molar refractivity (Wildman–Crippen MR) is 110 cm³/mol. The number of nitrogens with two attached hydrogens (primary N) is 1. The summed E-state index contributed by atoms with van der Waals surface area (Å²) in [6, 6.07) is 5.89. The van der Waals surface area contributed by atoms with Crippen LogP contribution in [0.5, 0.6) is 0 Å². The van der Waals surface area contributed by atoms with Gasteiger partial charge in [0.15, 0.2) is 0 Å². The number of piperazine rings is 1. The van der Waals surface area contributed by atoms with Crippen LogP contribution in [0.3, 0.4) is 0 Å². The summed E-state index contributed by atoms with van der Waals surface area (Å²) in [5, 5.41) is 2.98. The summed E-state index contributed by atoms with van der Waals surface area (Å²) in [6.45, 7) is 10.4.